The molecule has 2 N–H and O–H groups in total. The number of nitrogens with zero attached hydrogens (tertiary/aromatic N) is 1. The fourth-order valence-electron chi connectivity index (χ4n) is 2.82. The summed E-state index contributed by atoms with van der Waals surface area (Å²) in [6.45, 7) is -0.262. The number of hydrogen-bond donors (Lipinski definition) is 2. The summed E-state index contributed by atoms with van der Waals surface area (Å²) in [6, 6.07) is 17.6. The van der Waals surface area contributed by atoms with Crippen molar-refractivity contribution in [1.82, 2.24) is 10.7 Å². The lowest BCUT2D eigenvalue weighted by Gasteiger charge is -2.10. The second kappa shape index (κ2) is 12.2. The highest BCUT2D eigenvalue weighted by Gasteiger charge is 2.13. The van der Waals surface area contributed by atoms with Crippen molar-refractivity contribution in [2.75, 3.05) is 20.8 Å². The number of carbonyl (C=O) groups excluding carboxylic acids is 3. The van der Waals surface area contributed by atoms with E-state index in [0.717, 1.165) is 0 Å². The van der Waals surface area contributed by atoms with E-state index in [1.807, 2.05) is 0 Å². The van der Waals surface area contributed by atoms with Gasteiger partial charge in [-0.25, -0.2) is 10.2 Å². The van der Waals surface area contributed by atoms with Crippen LogP contribution >= 0.6 is 11.6 Å². The molecule has 2 amide bonds. The molecule has 0 unspecified atom stereocenters. The van der Waals surface area contributed by atoms with Gasteiger partial charge in [-0.05, 0) is 72.3 Å². The fourth-order valence-corrected chi connectivity index (χ4v) is 2.94. The number of esters is 1. The minimum Gasteiger partial charge on any atom is -0.497 e. The molecule has 0 bridgehead atoms. The van der Waals surface area contributed by atoms with Crippen molar-refractivity contribution < 1.29 is 28.6 Å². The minimum absolute atomic E-state index is 0.222. The average Bonchev–Trinajstić information content (AvgIpc) is 2.88. The van der Waals surface area contributed by atoms with E-state index in [1.165, 1.54) is 20.4 Å². The van der Waals surface area contributed by atoms with E-state index in [2.05, 4.69) is 15.8 Å². The maximum Gasteiger partial charge on any atom is 0.343 e. The first-order valence-electron chi connectivity index (χ1n) is 10.3. The molecule has 10 heteroatoms. The van der Waals surface area contributed by atoms with Gasteiger partial charge >= 0.3 is 5.97 Å². The van der Waals surface area contributed by atoms with Crippen molar-refractivity contribution in [2.45, 2.75) is 0 Å². The second-order valence-corrected chi connectivity index (χ2v) is 7.45. The Bertz CT molecular complexity index is 1230. The molecule has 3 rings (SSSR count). The number of benzene rings is 3. The predicted octanol–water partition coefficient (Wildman–Crippen LogP) is 3.46. The van der Waals surface area contributed by atoms with Crippen LogP contribution in [0.2, 0.25) is 5.02 Å². The van der Waals surface area contributed by atoms with E-state index in [4.69, 9.17) is 25.8 Å². The first-order valence-corrected chi connectivity index (χ1v) is 10.7. The van der Waals surface area contributed by atoms with Gasteiger partial charge in [0.2, 0.25) is 0 Å². The lowest BCUT2D eigenvalue weighted by Crippen LogP contribution is -2.34. The quantitative estimate of drug-likeness (QED) is 0.203. The van der Waals surface area contributed by atoms with Gasteiger partial charge in [0.05, 0.1) is 32.5 Å². The van der Waals surface area contributed by atoms with Gasteiger partial charge in [-0.2, -0.15) is 5.10 Å². The molecule has 3 aromatic rings. The summed E-state index contributed by atoms with van der Waals surface area (Å²) in [7, 11) is 2.97. The Hall–Kier alpha value is -4.37. The molecular weight excluding hydrogens is 474 g/mol. The van der Waals surface area contributed by atoms with Gasteiger partial charge in [-0.15, -0.1) is 0 Å². The van der Waals surface area contributed by atoms with Crippen LogP contribution in [0, 0.1) is 0 Å². The van der Waals surface area contributed by atoms with Gasteiger partial charge in [0, 0.05) is 10.6 Å². The summed E-state index contributed by atoms with van der Waals surface area (Å²) in [5, 5.41) is 6.86. The summed E-state index contributed by atoms with van der Waals surface area (Å²) in [4.78, 5) is 36.4. The SMILES string of the molecule is COc1ccc(C(=O)Oc2ccc(C=NNC(=O)CNC(=O)c3ccc(Cl)cc3)cc2OC)cc1. The molecule has 0 aliphatic carbocycles. The van der Waals surface area contributed by atoms with Crippen LogP contribution in [-0.2, 0) is 4.79 Å². The van der Waals surface area contributed by atoms with Crippen LogP contribution in [0.5, 0.6) is 17.2 Å². The molecule has 180 valence electrons. The summed E-state index contributed by atoms with van der Waals surface area (Å²) >= 11 is 5.79. The third-order valence-corrected chi connectivity index (χ3v) is 4.89. The second-order valence-electron chi connectivity index (χ2n) is 7.01. The molecule has 0 aliphatic rings. The van der Waals surface area contributed by atoms with Crippen LogP contribution in [0.3, 0.4) is 0 Å². The first-order chi connectivity index (χ1) is 16.9. The number of ether oxygens (including phenoxy) is 3. The van der Waals surface area contributed by atoms with Crippen LogP contribution in [0.4, 0.5) is 0 Å². The number of amides is 2. The van der Waals surface area contributed by atoms with Crippen LogP contribution in [0.15, 0.2) is 71.8 Å². The highest BCUT2D eigenvalue weighted by Crippen LogP contribution is 2.28. The molecule has 0 radical (unpaired) electrons. The van der Waals surface area contributed by atoms with Gasteiger partial charge < -0.3 is 19.5 Å². The largest absolute Gasteiger partial charge is 0.497 e. The van der Waals surface area contributed by atoms with Crippen molar-refractivity contribution in [3.63, 3.8) is 0 Å². The zero-order valence-corrected chi connectivity index (χ0v) is 19.7. The van der Waals surface area contributed by atoms with Gasteiger partial charge in [-0.3, -0.25) is 9.59 Å². The predicted molar refractivity (Wildman–Crippen MR) is 130 cm³/mol. The van der Waals surface area contributed by atoms with Gasteiger partial charge in [0.25, 0.3) is 11.8 Å². The van der Waals surface area contributed by atoms with Crippen LogP contribution in [-0.4, -0.2) is 44.8 Å². The molecule has 0 saturated carbocycles. The number of hydrazone groups is 1. The Labute approximate surface area is 206 Å². The third-order valence-electron chi connectivity index (χ3n) is 4.63. The van der Waals surface area contributed by atoms with Crippen molar-refractivity contribution in [3.8, 4) is 17.2 Å². The van der Waals surface area contributed by atoms with E-state index in [0.29, 0.717) is 33.2 Å². The van der Waals surface area contributed by atoms with Gasteiger partial charge in [0.1, 0.15) is 5.75 Å². The van der Waals surface area contributed by atoms with Crippen molar-refractivity contribution in [1.29, 1.82) is 0 Å². The molecule has 0 fully saturated rings. The van der Waals surface area contributed by atoms with Crippen LogP contribution in [0.25, 0.3) is 0 Å². The number of hydrogen-bond acceptors (Lipinski definition) is 7. The minimum atomic E-state index is -0.555. The lowest BCUT2D eigenvalue weighted by molar-refractivity contribution is -0.120. The molecule has 0 atom stereocenters. The van der Waals surface area contributed by atoms with E-state index in [-0.39, 0.29) is 12.3 Å². The molecule has 0 saturated heterocycles. The van der Waals surface area contributed by atoms with E-state index >= 15 is 0 Å². The molecular formula is C25H22ClN3O6. The Morgan fingerprint density at radius 2 is 1.57 bits per heavy atom. The van der Waals surface area contributed by atoms with Crippen LogP contribution < -0.4 is 25.0 Å². The molecule has 0 aliphatic heterocycles. The Balaban J connectivity index is 1.53. The topological polar surface area (TPSA) is 115 Å². The molecule has 3 aromatic carbocycles. The third kappa shape index (κ3) is 7.31. The van der Waals surface area contributed by atoms with Crippen LogP contribution in [0.1, 0.15) is 26.3 Å². The number of halogens is 1. The molecule has 0 heterocycles. The van der Waals surface area contributed by atoms with Gasteiger partial charge in [-0.1, -0.05) is 11.6 Å². The first kappa shape index (κ1) is 25.3. The highest BCUT2D eigenvalue weighted by molar-refractivity contribution is 6.30. The van der Waals surface area contributed by atoms with E-state index in [9.17, 15) is 14.4 Å². The van der Waals surface area contributed by atoms with Gasteiger partial charge in [0.15, 0.2) is 11.5 Å². The van der Waals surface area contributed by atoms with E-state index in [1.54, 1.807) is 66.7 Å². The fraction of sp³-hybridized carbons (Fsp3) is 0.120. The monoisotopic (exact) mass is 495 g/mol. The summed E-state index contributed by atoms with van der Waals surface area (Å²) in [5.41, 5.74) is 3.63. The maximum absolute atomic E-state index is 12.4. The highest BCUT2D eigenvalue weighted by atomic mass is 35.5. The van der Waals surface area contributed by atoms with E-state index < -0.39 is 17.8 Å². The standard InChI is InChI=1S/C25H22ClN3O6/c1-33-20-10-6-18(7-11-20)25(32)35-21-12-3-16(13-22(21)34-2)14-28-29-23(30)15-27-24(31)17-4-8-19(26)9-5-17/h3-14H,15H2,1-2H3,(H,27,31)(H,29,30). The summed E-state index contributed by atoms with van der Waals surface area (Å²) < 4.78 is 15.8. The van der Waals surface area contributed by atoms with Crippen molar-refractivity contribution in [3.05, 3.63) is 88.4 Å². The molecule has 35 heavy (non-hydrogen) atoms. The smallest absolute Gasteiger partial charge is 0.343 e. The summed E-state index contributed by atoms with van der Waals surface area (Å²) in [6.07, 6.45) is 1.39. The number of methoxy groups -OCH3 is 2. The zero-order valence-electron chi connectivity index (χ0n) is 18.9. The van der Waals surface area contributed by atoms with Crippen molar-refractivity contribution >= 4 is 35.6 Å². The zero-order chi connectivity index (χ0) is 25.2. The van der Waals surface area contributed by atoms with Crippen molar-refractivity contribution in [2.24, 2.45) is 5.10 Å². The number of nitrogens with one attached hydrogen (secondary N) is 2. The average molecular weight is 496 g/mol. The number of rotatable bonds is 9. The maximum atomic E-state index is 12.4. The number of carbonyl (C=O) groups is 3. The summed E-state index contributed by atoms with van der Waals surface area (Å²) in [5.74, 6) is -0.332. The normalized spacial score (nSPS) is 10.5. The molecule has 0 spiro atoms. The Kier molecular flexibility index (Phi) is 8.80. The Morgan fingerprint density at radius 3 is 2.23 bits per heavy atom. The molecule has 9 nitrogen and oxygen atoms in total. The lowest BCUT2D eigenvalue weighted by atomic mass is 10.2. The Morgan fingerprint density at radius 1 is 0.886 bits per heavy atom. The molecule has 0 aromatic heterocycles.